The number of thiol groups is 1. The minimum atomic E-state index is 0. The minimum Gasteiger partial charge on any atom is -0.284 e. The van der Waals surface area contributed by atoms with Gasteiger partial charge in [-0.15, -0.1) is 0 Å². The van der Waals surface area contributed by atoms with Crippen LogP contribution >= 0.6 is 12.6 Å². The molecule has 0 amide bonds. The molecule has 2 nitrogen and oxygen atoms in total. The molecule has 0 aliphatic rings. The zero-order valence-corrected chi connectivity index (χ0v) is 12.4. The van der Waals surface area contributed by atoms with Gasteiger partial charge in [0.1, 0.15) is 0 Å². The summed E-state index contributed by atoms with van der Waals surface area (Å²) in [4.78, 5) is 0. The van der Waals surface area contributed by atoms with Crippen molar-refractivity contribution in [3.8, 4) is 0 Å². The fourth-order valence-corrected chi connectivity index (χ4v) is 0.578. The number of hydrogen-bond acceptors (Lipinski definition) is 2. The maximum Gasteiger partial charge on any atom is 2.00 e. The molecule has 1 aromatic heterocycles. The summed E-state index contributed by atoms with van der Waals surface area (Å²) in [7, 11) is 0. The Kier molecular flexibility index (Phi) is 8.25. The van der Waals surface area contributed by atoms with E-state index in [9.17, 15) is 0 Å². The van der Waals surface area contributed by atoms with Crippen molar-refractivity contribution in [2.75, 3.05) is 0 Å². The molecule has 0 radical (unpaired) electrons. The molecule has 1 rings (SSSR count). The third-order valence-corrected chi connectivity index (χ3v) is 1.17. The molecule has 0 atom stereocenters. The van der Waals surface area contributed by atoms with Gasteiger partial charge in [0.05, 0.1) is 0 Å². The van der Waals surface area contributed by atoms with E-state index in [0.29, 0.717) is 5.03 Å². The van der Waals surface area contributed by atoms with Gasteiger partial charge in [0.25, 0.3) is 5.03 Å². The van der Waals surface area contributed by atoms with Crippen LogP contribution in [0.3, 0.4) is 0 Å². The molecule has 1 N–H and O–H groups in total. The molecular formula is C5H6NOSZn2+3. The second kappa shape index (κ2) is 6.27. The SMILES string of the molecule is O[n+]1ccccc1S.[Zn+2].[Zn]. The number of hydrogen-bond donors (Lipinski definition) is 2. The first-order valence-corrected chi connectivity index (χ1v) is 2.64. The second-order valence-corrected chi connectivity index (χ2v) is 1.86. The van der Waals surface area contributed by atoms with Crippen molar-refractivity contribution in [1.82, 2.24) is 0 Å². The second-order valence-electron chi connectivity index (χ2n) is 1.40. The number of rotatable bonds is 0. The first kappa shape index (κ1) is 13.2. The molecular weight excluding hydrogens is 253 g/mol. The Morgan fingerprint density at radius 2 is 2.00 bits per heavy atom. The van der Waals surface area contributed by atoms with Crippen molar-refractivity contribution in [1.29, 1.82) is 0 Å². The molecule has 0 saturated heterocycles. The van der Waals surface area contributed by atoms with E-state index in [2.05, 4.69) is 12.6 Å². The van der Waals surface area contributed by atoms with E-state index in [-0.39, 0.29) is 39.0 Å². The molecule has 0 fully saturated rings. The van der Waals surface area contributed by atoms with Crippen LogP contribution in [0.25, 0.3) is 0 Å². The van der Waals surface area contributed by atoms with E-state index < -0.39 is 0 Å². The topological polar surface area (TPSA) is 24.1 Å². The van der Waals surface area contributed by atoms with E-state index in [1.165, 1.54) is 6.20 Å². The van der Waals surface area contributed by atoms with E-state index in [1.54, 1.807) is 18.2 Å². The molecule has 0 aliphatic heterocycles. The number of pyridine rings is 1. The van der Waals surface area contributed by atoms with Crippen molar-refractivity contribution < 1.29 is 48.9 Å². The fraction of sp³-hybridized carbons (Fsp3) is 0. The molecule has 0 saturated carbocycles. The zero-order chi connectivity index (χ0) is 5.98. The monoisotopic (exact) mass is 256 g/mol. The Labute approximate surface area is 90.5 Å². The normalized spacial score (nSPS) is 7.30. The van der Waals surface area contributed by atoms with Crippen LogP contribution in [0.4, 0.5) is 0 Å². The third kappa shape index (κ3) is 3.65. The van der Waals surface area contributed by atoms with Gasteiger partial charge in [-0.05, 0) is 6.07 Å². The summed E-state index contributed by atoms with van der Waals surface area (Å²) in [5.74, 6) is 0. The first-order chi connectivity index (χ1) is 3.80. The molecule has 0 aliphatic carbocycles. The molecule has 5 heteroatoms. The van der Waals surface area contributed by atoms with Gasteiger partial charge < -0.3 is 0 Å². The Hall–Kier alpha value is 0.547. The quantitative estimate of drug-likeness (QED) is 0.301. The van der Waals surface area contributed by atoms with Gasteiger partial charge in [0.2, 0.25) is 6.20 Å². The molecule has 0 unspecified atom stereocenters. The van der Waals surface area contributed by atoms with Crippen LogP contribution in [0.1, 0.15) is 0 Å². The summed E-state index contributed by atoms with van der Waals surface area (Å²) < 4.78 is 0.948. The van der Waals surface area contributed by atoms with Crippen molar-refractivity contribution in [3.05, 3.63) is 24.4 Å². The van der Waals surface area contributed by atoms with Gasteiger partial charge in [-0.25, -0.2) is 0 Å². The number of nitrogens with zero attached hydrogens (tertiary/aromatic N) is 1. The summed E-state index contributed by atoms with van der Waals surface area (Å²) in [6.07, 6.45) is 1.52. The summed E-state index contributed by atoms with van der Waals surface area (Å²) in [6.45, 7) is 0. The molecule has 10 heavy (non-hydrogen) atoms. The largest absolute Gasteiger partial charge is 2.00 e. The van der Waals surface area contributed by atoms with E-state index in [4.69, 9.17) is 5.21 Å². The Balaban J connectivity index is 0. The molecule has 1 heterocycles. The van der Waals surface area contributed by atoms with Crippen LogP contribution < -0.4 is 4.73 Å². The predicted octanol–water partition coefficient (Wildman–Crippen LogP) is 0.495. The van der Waals surface area contributed by atoms with E-state index in [1.807, 2.05) is 0 Å². The van der Waals surface area contributed by atoms with E-state index in [0.717, 1.165) is 4.73 Å². The first-order valence-electron chi connectivity index (χ1n) is 2.19. The standard InChI is InChI=1S/C5H5NOS.2Zn/c7-6-4-2-1-3-5(6)8;;/h1-4,7H;;/q;;+2/p+1. The van der Waals surface area contributed by atoms with Crippen LogP contribution in [-0.4, -0.2) is 5.21 Å². The van der Waals surface area contributed by atoms with Gasteiger partial charge in [-0.1, -0.05) is 12.6 Å². The van der Waals surface area contributed by atoms with Gasteiger partial charge in [-0.3, -0.25) is 5.21 Å². The predicted molar refractivity (Wildman–Crippen MR) is 31.1 cm³/mol. The molecule has 0 bridgehead atoms. The average molecular weight is 259 g/mol. The van der Waals surface area contributed by atoms with Crippen LogP contribution in [0.15, 0.2) is 29.4 Å². The summed E-state index contributed by atoms with van der Waals surface area (Å²) >= 11 is 3.91. The summed E-state index contributed by atoms with van der Waals surface area (Å²) in [5, 5.41) is 9.29. The average Bonchev–Trinajstić information content (AvgIpc) is 1.77. The molecule has 44 valence electrons. The van der Waals surface area contributed by atoms with Gasteiger partial charge >= 0.3 is 19.5 Å². The molecule has 0 spiro atoms. The molecule has 1 aromatic rings. The summed E-state index contributed by atoms with van der Waals surface area (Å²) in [6, 6.07) is 5.22. The van der Waals surface area contributed by atoms with Gasteiger partial charge in [0, 0.05) is 36.3 Å². The van der Waals surface area contributed by atoms with Crippen molar-refractivity contribution in [2.24, 2.45) is 0 Å². The Morgan fingerprint density at radius 3 is 2.30 bits per heavy atom. The third-order valence-electron chi connectivity index (χ3n) is 0.818. The van der Waals surface area contributed by atoms with Crippen LogP contribution in [0.2, 0.25) is 0 Å². The van der Waals surface area contributed by atoms with Gasteiger partial charge in [-0.2, -0.15) is 0 Å². The van der Waals surface area contributed by atoms with Crippen molar-refractivity contribution in [2.45, 2.75) is 5.03 Å². The fourth-order valence-electron chi connectivity index (χ4n) is 0.426. The Bertz CT molecular complexity index is 176. The van der Waals surface area contributed by atoms with Crippen LogP contribution in [-0.2, 0) is 39.0 Å². The Morgan fingerprint density at radius 1 is 1.40 bits per heavy atom. The minimum absolute atomic E-state index is 0. The van der Waals surface area contributed by atoms with Crippen molar-refractivity contribution >= 4 is 12.6 Å². The van der Waals surface area contributed by atoms with Gasteiger partial charge in [0.15, 0.2) is 0 Å². The van der Waals surface area contributed by atoms with Crippen LogP contribution in [0, 0.1) is 0 Å². The van der Waals surface area contributed by atoms with Crippen molar-refractivity contribution in [3.63, 3.8) is 0 Å². The summed E-state index contributed by atoms with van der Waals surface area (Å²) in [5.41, 5.74) is 0. The number of aromatic nitrogens is 1. The maximum atomic E-state index is 8.76. The zero-order valence-electron chi connectivity index (χ0n) is 5.57. The van der Waals surface area contributed by atoms with Crippen LogP contribution in [0.5, 0.6) is 0 Å². The smallest absolute Gasteiger partial charge is 0.284 e. The molecule has 0 aromatic carbocycles. The van der Waals surface area contributed by atoms with E-state index >= 15 is 0 Å². The maximum absolute atomic E-state index is 8.76.